The molecular formula is C10H20O2. The standard InChI is InChI=1S/C10H20O2/c1-5-9-7(3)10(11)6(2)8(4)12-9/h6-11H,5H2,1-4H3/t6-,7-,8+,9+,10-/m0/s1. The molecule has 0 radical (unpaired) electrons. The van der Waals surface area contributed by atoms with E-state index >= 15 is 0 Å². The van der Waals surface area contributed by atoms with Crippen molar-refractivity contribution >= 4 is 0 Å². The molecule has 1 rings (SSSR count). The zero-order valence-electron chi connectivity index (χ0n) is 8.45. The average molecular weight is 172 g/mol. The Balaban J connectivity index is 2.63. The van der Waals surface area contributed by atoms with Crippen molar-refractivity contribution in [3.05, 3.63) is 0 Å². The molecular weight excluding hydrogens is 152 g/mol. The fourth-order valence-corrected chi connectivity index (χ4v) is 1.97. The van der Waals surface area contributed by atoms with Crippen LogP contribution >= 0.6 is 0 Å². The number of hydrogen-bond acceptors (Lipinski definition) is 2. The van der Waals surface area contributed by atoms with Gasteiger partial charge in [-0.1, -0.05) is 20.8 Å². The number of ether oxygens (including phenoxy) is 1. The van der Waals surface area contributed by atoms with Crippen molar-refractivity contribution < 1.29 is 9.84 Å². The largest absolute Gasteiger partial charge is 0.392 e. The maximum atomic E-state index is 9.84. The molecule has 0 aromatic carbocycles. The van der Waals surface area contributed by atoms with Gasteiger partial charge < -0.3 is 9.84 Å². The Bertz CT molecular complexity index is 142. The molecule has 1 aliphatic heterocycles. The summed E-state index contributed by atoms with van der Waals surface area (Å²) in [5.74, 6) is 0.545. The smallest absolute Gasteiger partial charge is 0.0640 e. The van der Waals surface area contributed by atoms with Crippen molar-refractivity contribution in [1.82, 2.24) is 0 Å². The molecule has 1 aliphatic rings. The van der Waals surface area contributed by atoms with Gasteiger partial charge in [0.2, 0.25) is 0 Å². The molecule has 1 fully saturated rings. The third-order valence-corrected chi connectivity index (χ3v) is 3.20. The second kappa shape index (κ2) is 3.75. The Hall–Kier alpha value is -0.0800. The summed E-state index contributed by atoms with van der Waals surface area (Å²) in [6.07, 6.45) is 1.24. The zero-order chi connectivity index (χ0) is 9.30. The second-order valence-corrected chi connectivity index (χ2v) is 4.00. The van der Waals surface area contributed by atoms with Crippen LogP contribution in [0.4, 0.5) is 0 Å². The molecule has 1 heterocycles. The monoisotopic (exact) mass is 172 g/mol. The van der Waals surface area contributed by atoms with Gasteiger partial charge in [-0.2, -0.15) is 0 Å². The third-order valence-electron chi connectivity index (χ3n) is 3.20. The van der Waals surface area contributed by atoms with Crippen LogP contribution in [0.3, 0.4) is 0 Å². The van der Waals surface area contributed by atoms with Crippen molar-refractivity contribution in [2.45, 2.75) is 52.4 Å². The Morgan fingerprint density at radius 1 is 1.17 bits per heavy atom. The number of rotatable bonds is 1. The van der Waals surface area contributed by atoms with E-state index in [1.807, 2.05) is 6.92 Å². The quantitative estimate of drug-likeness (QED) is 0.653. The summed E-state index contributed by atoms with van der Waals surface area (Å²) in [5, 5.41) is 9.84. The molecule has 72 valence electrons. The lowest BCUT2D eigenvalue weighted by Crippen LogP contribution is -2.47. The summed E-state index contributed by atoms with van der Waals surface area (Å²) >= 11 is 0. The minimum atomic E-state index is -0.196. The Labute approximate surface area is 74.9 Å². The Morgan fingerprint density at radius 2 is 1.75 bits per heavy atom. The molecule has 0 aromatic heterocycles. The van der Waals surface area contributed by atoms with E-state index in [1.165, 1.54) is 0 Å². The van der Waals surface area contributed by atoms with Crippen LogP contribution in [0.25, 0.3) is 0 Å². The van der Waals surface area contributed by atoms with Gasteiger partial charge in [-0.15, -0.1) is 0 Å². The highest BCUT2D eigenvalue weighted by atomic mass is 16.5. The molecule has 1 saturated heterocycles. The van der Waals surface area contributed by atoms with Crippen LogP contribution in [-0.4, -0.2) is 23.4 Å². The van der Waals surface area contributed by atoms with Gasteiger partial charge in [-0.3, -0.25) is 0 Å². The first-order chi connectivity index (χ1) is 5.57. The zero-order valence-corrected chi connectivity index (χ0v) is 8.45. The first-order valence-corrected chi connectivity index (χ1v) is 4.91. The van der Waals surface area contributed by atoms with Gasteiger partial charge in [-0.25, -0.2) is 0 Å². The predicted molar refractivity (Wildman–Crippen MR) is 49.0 cm³/mol. The van der Waals surface area contributed by atoms with Crippen LogP contribution in [0.1, 0.15) is 34.1 Å². The Morgan fingerprint density at radius 3 is 2.25 bits per heavy atom. The normalized spacial score (nSPS) is 49.2. The first kappa shape index (κ1) is 10.0. The van der Waals surface area contributed by atoms with Crippen LogP contribution in [-0.2, 0) is 4.74 Å². The molecule has 5 atom stereocenters. The van der Waals surface area contributed by atoms with E-state index in [0.717, 1.165) is 6.42 Å². The number of aliphatic hydroxyl groups excluding tert-OH is 1. The minimum Gasteiger partial charge on any atom is -0.392 e. The molecule has 0 bridgehead atoms. The molecule has 0 spiro atoms. The van der Waals surface area contributed by atoms with E-state index in [1.54, 1.807) is 0 Å². The molecule has 0 unspecified atom stereocenters. The van der Waals surface area contributed by atoms with Crippen molar-refractivity contribution in [2.75, 3.05) is 0 Å². The third kappa shape index (κ3) is 1.64. The lowest BCUT2D eigenvalue weighted by molar-refractivity contribution is -0.157. The summed E-state index contributed by atoms with van der Waals surface area (Å²) in [4.78, 5) is 0. The van der Waals surface area contributed by atoms with Gasteiger partial charge in [0.25, 0.3) is 0 Å². The molecule has 0 saturated carbocycles. The van der Waals surface area contributed by atoms with E-state index in [-0.39, 0.29) is 30.1 Å². The highest BCUT2D eigenvalue weighted by Crippen LogP contribution is 2.30. The minimum absolute atomic E-state index is 0.196. The van der Waals surface area contributed by atoms with Crippen molar-refractivity contribution in [3.8, 4) is 0 Å². The van der Waals surface area contributed by atoms with Crippen molar-refractivity contribution in [2.24, 2.45) is 11.8 Å². The van der Waals surface area contributed by atoms with E-state index in [4.69, 9.17) is 4.74 Å². The molecule has 0 aliphatic carbocycles. The van der Waals surface area contributed by atoms with E-state index in [0.29, 0.717) is 0 Å². The summed E-state index contributed by atoms with van der Waals surface area (Å²) < 4.78 is 5.77. The lowest BCUT2D eigenvalue weighted by Gasteiger charge is -2.41. The van der Waals surface area contributed by atoms with Crippen LogP contribution in [0.2, 0.25) is 0 Å². The van der Waals surface area contributed by atoms with Gasteiger partial charge in [0.1, 0.15) is 0 Å². The van der Waals surface area contributed by atoms with E-state index in [9.17, 15) is 5.11 Å². The fourth-order valence-electron chi connectivity index (χ4n) is 1.97. The summed E-state index contributed by atoms with van der Waals surface area (Å²) in [6.45, 7) is 8.28. The second-order valence-electron chi connectivity index (χ2n) is 4.00. The van der Waals surface area contributed by atoms with Gasteiger partial charge in [0, 0.05) is 11.8 Å². The van der Waals surface area contributed by atoms with Gasteiger partial charge in [-0.05, 0) is 13.3 Å². The summed E-state index contributed by atoms with van der Waals surface area (Å²) in [7, 11) is 0. The summed E-state index contributed by atoms with van der Waals surface area (Å²) in [6, 6.07) is 0. The van der Waals surface area contributed by atoms with Crippen molar-refractivity contribution in [1.29, 1.82) is 0 Å². The van der Waals surface area contributed by atoms with Crippen LogP contribution in [0.15, 0.2) is 0 Å². The molecule has 0 aromatic rings. The molecule has 2 nitrogen and oxygen atoms in total. The van der Waals surface area contributed by atoms with Crippen LogP contribution in [0, 0.1) is 11.8 Å². The van der Waals surface area contributed by atoms with Crippen LogP contribution < -0.4 is 0 Å². The molecule has 12 heavy (non-hydrogen) atoms. The highest BCUT2D eigenvalue weighted by molar-refractivity contribution is 4.85. The number of aliphatic hydroxyl groups is 1. The molecule has 0 amide bonds. The first-order valence-electron chi connectivity index (χ1n) is 4.91. The van der Waals surface area contributed by atoms with Gasteiger partial charge in [0.05, 0.1) is 18.3 Å². The topological polar surface area (TPSA) is 29.5 Å². The van der Waals surface area contributed by atoms with Gasteiger partial charge in [0.15, 0.2) is 0 Å². The SMILES string of the molecule is CC[C@H]1O[C@H](C)[C@H](C)[C@H](O)[C@H]1C. The van der Waals surface area contributed by atoms with E-state index in [2.05, 4.69) is 20.8 Å². The number of hydrogen-bond donors (Lipinski definition) is 1. The average Bonchev–Trinajstić information content (AvgIpc) is 2.08. The summed E-state index contributed by atoms with van der Waals surface area (Å²) in [5.41, 5.74) is 0. The van der Waals surface area contributed by atoms with E-state index < -0.39 is 0 Å². The predicted octanol–water partition coefficient (Wildman–Crippen LogP) is 1.82. The molecule has 2 heteroatoms. The van der Waals surface area contributed by atoms with Gasteiger partial charge >= 0.3 is 0 Å². The fraction of sp³-hybridized carbons (Fsp3) is 1.00. The highest BCUT2D eigenvalue weighted by Gasteiger charge is 2.37. The maximum Gasteiger partial charge on any atom is 0.0640 e. The van der Waals surface area contributed by atoms with Crippen molar-refractivity contribution in [3.63, 3.8) is 0 Å². The Kier molecular flexibility index (Phi) is 3.13. The lowest BCUT2D eigenvalue weighted by atomic mass is 9.82. The molecule has 1 N–H and O–H groups in total. The van der Waals surface area contributed by atoms with Crippen LogP contribution in [0.5, 0.6) is 0 Å². The maximum absolute atomic E-state index is 9.84.